The first-order chi connectivity index (χ1) is 7.95. The number of unbranched alkanes of at least 4 members (excludes halogenated alkanes) is 2. The second-order valence-electron chi connectivity index (χ2n) is 4.62. The van der Waals surface area contributed by atoms with Gasteiger partial charge in [0.15, 0.2) is 0 Å². The van der Waals surface area contributed by atoms with E-state index in [1.807, 2.05) is 6.20 Å². The highest BCUT2D eigenvalue weighted by Gasteiger charge is 2.07. The maximum atomic E-state index is 3.39. The standard InChI is InChI=1S/C13H23N3/c1(2-4-13-5-6-15-12-13)3-9-16-10-7-14-8-11-16/h5-6,12,14-15H,1-4,7-11H2. The summed E-state index contributed by atoms with van der Waals surface area (Å²) in [6.07, 6.45) is 9.38. The van der Waals surface area contributed by atoms with Crippen LogP contribution in [0, 0.1) is 0 Å². The van der Waals surface area contributed by atoms with E-state index in [2.05, 4.69) is 27.5 Å². The molecule has 90 valence electrons. The van der Waals surface area contributed by atoms with Crippen LogP contribution in [0.3, 0.4) is 0 Å². The molecule has 0 aromatic carbocycles. The molecule has 1 aromatic rings. The molecule has 1 aromatic heterocycles. The number of hydrogen-bond acceptors (Lipinski definition) is 2. The van der Waals surface area contributed by atoms with E-state index in [1.54, 1.807) is 0 Å². The minimum atomic E-state index is 1.17. The van der Waals surface area contributed by atoms with Crippen molar-refractivity contribution in [2.24, 2.45) is 0 Å². The number of piperazine rings is 1. The SMILES string of the molecule is c1cc(CCCCCN2CCNCC2)c[nH]1. The maximum absolute atomic E-state index is 3.39. The third kappa shape index (κ3) is 3.99. The Labute approximate surface area is 98.2 Å². The van der Waals surface area contributed by atoms with Gasteiger partial charge in [0.25, 0.3) is 0 Å². The molecular weight excluding hydrogens is 198 g/mol. The molecule has 0 bridgehead atoms. The Balaban J connectivity index is 1.48. The summed E-state index contributed by atoms with van der Waals surface area (Å²) < 4.78 is 0. The summed E-state index contributed by atoms with van der Waals surface area (Å²) in [6.45, 7) is 6.09. The zero-order valence-corrected chi connectivity index (χ0v) is 10.0. The summed E-state index contributed by atoms with van der Waals surface area (Å²) in [6, 6.07) is 2.18. The van der Waals surface area contributed by atoms with Crippen molar-refractivity contribution in [3.63, 3.8) is 0 Å². The number of nitrogens with one attached hydrogen (secondary N) is 2. The fourth-order valence-electron chi connectivity index (χ4n) is 2.29. The van der Waals surface area contributed by atoms with Gasteiger partial charge in [-0.2, -0.15) is 0 Å². The van der Waals surface area contributed by atoms with Crippen molar-refractivity contribution in [2.45, 2.75) is 25.7 Å². The third-order valence-electron chi connectivity index (χ3n) is 3.31. The molecule has 0 unspecified atom stereocenters. The number of rotatable bonds is 6. The van der Waals surface area contributed by atoms with Crippen LogP contribution in [0.1, 0.15) is 24.8 Å². The summed E-state index contributed by atoms with van der Waals surface area (Å²) in [7, 11) is 0. The monoisotopic (exact) mass is 221 g/mol. The van der Waals surface area contributed by atoms with Crippen molar-refractivity contribution in [3.05, 3.63) is 24.0 Å². The van der Waals surface area contributed by atoms with Crippen molar-refractivity contribution >= 4 is 0 Å². The van der Waals surface area contributed by atoms with Crippen LogP contribution in [-0.2, 0) is 6.42 Å². The van der Waals surface area contributed by atoms with Crippen LogP contribution in [0.5, 0.6) is 0 Å². The first kappa shape index (κ1) is 11.7. The molecule has 0 aliphatic carbocycles. The van der Waals surface area contributed by atoms with Gasteiger partial charge in [0, 0.05) is 38.6 Å². The highest BCUT2D eigenvalue weighted by molar-refractivity contribution is 5.07. The van der Waals surface area contributed by atoms with Crippen molar-refractivity contribution in [1.82, 2.24) is 15.2 Å². The Hall–Kier alpha value is -0.800. The van der Waals surface area contributed by atoms with E-state index in [-0.39, 0.29) is 0 Å². The summed E-state index contributed by atoms with van der Waals surface area (Å²) >= 11 is 0. The lowest BCUT2D eigenvalue weighted by atomic mass is 10.1. The summed E-state index contributed by atoms with van der Waals surface area (Å²) in [5.74, 6) is 0. The Morgan fingerprint density at radius 3 is 2.75 bits per heavy atom. The largest absolute Gasteiger partial charge is 0.367 e. The van der Waals surface area contributed by atoms with Crippen LogP contribution >= 0.6 is 0 Å². The zero-order valence-electron chi connectivity index (χ0n) is 10.0. The second-order valence-corrected chi connectivity index (χ2v) is 4.62. The first-order valence-electron chi connectivity index (χ1n) is 6.50. The summed E-state index contributed by atoms with van der Waals surface area (Å²) in [4.78, 5) is 5.68. The van der Waals surface area contributed by atoms with Gasteiger partial charge >= 0.3 is 0 Å². The van der Waals surface area contributed by atoms with Crippen LogP contribution in [-0.4, -0.2) is 42.6 Å². The predicted octanol–water partition coefficient (Wildman–Crippen LogP) is 1.63. The van der Waals surface area contributed by atoms with Gasteiger partial charge in [0.1, 0.15) is 0 Å². The number of aromatic amines is 1. The van der Waals surface area contributed by atoms with Gasteiger partial charge in [0.2, 0.25) is 0 Å². The second kappa shape index (κ2) is 6.71. The Morgan fingerprint density at radius 2 is 2.00 bits per heavy atom. The van der Waals surface area contributed by atoms with E-state index in [9.17, 15) is 0 Å². The van der Waals surface area contributed by atoms with Crippen molar-refractivity contribution in [3.8, 4) is 0 Å². The molecule has 0 atom stereocenters. The number of aromatic nitrogens is 1. The van der Waals surface area contributed by atoms with Crippen molar-refractivity contribution in [1.29, 1.82) is 0 Å². The number of aryl methyl sites for hydroxylation is 1. The average molecular weight is 221 g/mol. The predicted molar refractivity (Wildman–Crippen MR) is 67.7 cm³/mol. The molecule has 0 saturated carbocycles. The third-order valence-corrected chi connectivity index (χ3v) is 3.31. The van der Waals surface area contributed by atoms with Crippen LogP contribution in [0.2, 0.25) is 0 Å². The molecular formula is C13H23N3. The minimum absolute atomic E-state index is 1.17. The van der Waals surface area contributed by atoms with Crippen LogP contribution in [0.4, 0.5) is 0 Å². The van der Waals surface area contributed by atoms with Crippen LogP contribution in [0.25, 0.3) is 0 Å². The molecule has 0 radical (unpaired) electrons. The lowest BCUT2D eigenvalue weighted by Crippen LogP contribution is -2.43. The van der Waals surface area contributed by atoms with Crippen molar-refractivity contribution in [2.75, 3.05) is 32.7 Å². The molecule has 1 aliphatic heterocycles. The normalized spacial score (nSPS) is 17.8. The quantitative estimate of drug-likeness (QED) is 0.715. The van der Waals surface area contributed by atoms with Gasteiger partial charge in [-0.15, -0.1) is 0 Å². The maximum Gasteiger partial charge on any atom is 0.0107 e. The Bertz CT molecular complexity index is 263. The molecule has 1 aliphatic rings. The van der Waals surface area contributed by atoms with Gasteiger partial charge in [-0.25, -0.2) is 0 Å². The fraction of sp³-hybridized carbons (Fsp3) is 0.692. The molecule has 3 nitrogen and oxygen atoms in total. The van der Waals surface area contributed by atoms with Gasteiger partial charge < -0.3 is 15.2 Å². The Kier molecular flexibility index (Phi) is 4.90. The summed E-state index contributed by atoms with van der Waals surface area (Å²) in [5, 5.41) is 3.39. The molecule has 16 heavy (non-hydrogen) atoms. The lowest BCUT2D eigenvalue weighted by Gasteiger charge is -2.26. The highest BCUT2D eigenvalue weighted by atomic mass is 15.2. The van der Waals surface area contributed by atoms with E-state index in [0.29, 0.717) is 0 Å². The molecule has 2 N–H and O–H groups in total. The Morgan fingerprint density at radius 1 is 1.12 bits per heavy atom. The molecule has 1 saturated heterocycles. The van der Waals surface area contributed by atoms with E-state index >= 15 is 0 Å². The molecule has 2 rings (SSSR count). The lowest BCUT2D eigenvalue weighted by molar-refractivity contribution is 0.236. The minimum Gasteiger partial charge on any atom is -0.367 e. The fourth-order valence-corrected chi connectivity index (χ4v) is 2.29. The van der Waals surface area contributed by atoms with E-state index in [1.165, 1.54) is 64.0 Å². The topological polar surface area (TPSA) is 31.1 Å². The van der Waals surface area contributed by atoms with Gasteiger partial charge in [-0.3, -0.25) is 0 Å². The number of hydrogen-bond donors (Lipinski definition) is 2. The highest BCUT2D eigenvalue weighted by Crippen LogP contribution is 2.06. The zero-order chi connectivity index (χ0) is 11.1. The van der Waals surface area contributed by atoms with Crippen molar-refractivity contribution < 1.29 is 0 Å². The molecule has 1 fully saturated rings. The van der Waals surface area contributed by atoms with Crippen LogP contribution in [0.15, 0.2) is 18.5 Å². The molecule has 2 heterocycles. The van der Waals surface area contributed by atoms with E-state index in [0.717, 1.165) is 0 Å². The molecule has 0 spiro atoms. The summed E-state index contributed by atoms with van der Waals surface area (Å²) in [5.41, 5.74) is 1.45. The van der Waals surface area contributed by atoms with Gasteiger partial charge in [-0.1, -0.05) is 6.42 Å². The molecule has 0 amide bonds. The van der Waals surface area contributed by atoms with E-state index in [4.69, 9.17) is 0 Å². The molecule has 3 heteroatoms. The van der Waals surface area contributed by atoms with Crippen LogP contribution < -0.4 is 5.32 Å². The van der Waals surface area contributed by atoms with Gasteiger partial charge in [0.05, 0.1) is 0 Å². The number of nitrogens with zero attached hydrogens (tertiary/aromatic N) is 1. The van der Waals surface area contributed by atoms with E-state index < -0.39 is 0 Å². The van der Waals surface area contributed by atoms with Gasteiger partial charge in [-0.05, 0) is 37.4 Å². The average Bonchev–Trinajstić information content (AvgIpc) is 2.83. The number of H-pyrrole nitrogens is 1. The smallest absolute Gasteiger partial charge is 0.0107 e. The first-order valence-corrected chi connectivity index (χ1v) is 6.50.